The summed E-state index contributed by atoms with van der Waals surface area (Å²) in [6, 6.07) is 10.6. The lowest BCUT2D eigenvalue weighted by molar-refractivity contribution is -0.384. The summed E-state index contributed by atoms with van der Waals surface area (Å²) in [6.07, 6.45) is 1.26. The molecule has 0 spiro atoms. The molecule has 2 heterocycles. The minimum absolute atomic E-state index is 0.0777. The van der Waals surface area contributed by atoms with Crippen LogP contribution < -0.4 is 5.32 Å². The fraction of sp³-hybridized carbons (Fsp3) is 0.421. The Morgan fingerprint density at radius 1 is 1.15 bits per heavy atom. The number of hydrogen-bond acceptors (Lipinski definition) is 6. The molecule has 1 fully saturated rings. The van der Waals surface area contributed by atoms with Gasteiger partial charge in [0.15, 0.2) is 0 Å². The fourth-order valence-corrected chi connectivity index (χ4v) is 3.86. The molecule has 1 aromatic carbocycles. The number of nitrogens with zero attached hydrogens (tertiary/aromatic N) is 3. The SMILES string of the molecule is O=C(CCCNc1ccc([N+](=O)[O-])cc1)N1CCN(Cc2cccs2)CC1. The van der Waals surface area contributed by atoms with Crippen molar-refractivity contribution in [1.82, 2.24) is 9.80 Å². The van der Waals surface area contributed by atoms with E-state index < -0.39 is 4.92 Å². The number of thiophene rings is 1. The van der Waals surface area contributed by atoms with Gasteiger partial charge in [-0.05, 0) is 30.0 Å². The van der Waals surface area contributed by atoms with Crippen LogP contribution in [0, 0.1) is 10.1 Å². The van der Waals surface area contributed by atoms with Gasteiger partial charge >= 0.3 is 0 Å². The summed E-state index contributed by atoms with van der Waals surface area (Å²) in [5.74, 6) is 0.205. The Balaban J connectivity index is 1.32. The van der Waals surface area contributed by atoms with Gasteiger partial charge in [-0.2, -0.15) is 0 Å². The van der Waals surface area contributed by atoms with Gasteiger partial charge in [-0.3, -0.25) is 19.8 Å². The van der Waals surface area contributed by atoms with Crippen molar-refractivity contribution in [3.8, 4) is 0 Å². The smallest absolute Gasteiger partial charge is 0.269 e. The molecule has 1 saturated heterocycles. The highest BCUT2D eigenvalue weighted by Gasteiger charge is 2.20. The number of benzene rings is 1. The molecule has 0 radical (unpaired) electrons. The van der Waals surface area contributed by atoms with Crippen LogP contribution in [0.2, 0.25) is 0 Å². The summed E-state index contributed by atoms with van der Waals surface area (Å²) >= 11 is 1.78. The Morgan fingerprint density at radius 3 is 2.52 bits per heavy atom. The summed E-state index contributed by atoms with van der Waals surface area (Å²) in [5, 5.41) is 15.9. The molecule has 1 aliphatic rings. The second kappa shape index (κ2) is 9.48. The second-order valence-electron chi connectivity index (χ2n) is 6.57. The van der Waals surface area contributed by atoms with Crippen LogP contribution in [0.15, 0.2) is 41.8 Å². The zero-order chi connectivity index (χ0) is 19.1. The standard InChI is InChI=1S/C19H24N4O3S/c24-19(4-1-9-20-16-5-7-17(8-6-16)23(25)26)22-12-10-21(11-13-22)15-18-3-2-14-27-18/h2-3,5-8,14,20H,1,4,9-13,15H2. The van der Waals surface area contributed by atoms with E-state index in [2.05, 4.69) is 27.7 Å². The van der Waals surface area contributed by atoms with Crippen LogP contribution in [0.5, 0.6) is 0 Å². The van der Waals surface area contributed by atoms with E-state index in [9.17, 15) is 14.9 Å². The molecule has 7 nitrogen and oxygen atoms in total. The summed E-state index contributed by atoms with van der Waals surface area (Å²) in [4.78, 5) is 28.3. The molecule has 1 amide bonds. The molecule has 0 unspecified atom stereocenters. The first-order chi connectivity index (χ1) is 13.1. The molecule has 0 saturated carbocycles. The van der Waals surface area contributed by atoms with Gasteiger partial charge < -0.3 is 10.2 Å². The lowest BCUT2D eigenvalue weighted by Crippen LogP contribution is -2.48. The highest BCUT2D eigenvalue weighted by molar-refractivity contribution is 7.09. The van der Waals surface area contributed by atoms with Gasteiger partial charge in [0.2, 0.25) is 5.91 Å². The van der Waals surface area contributed by atoms with Gasteiger partial charge in [-0.25, -0.2) is 0 Å². The van der Waals surface area contributed by atoms with Crippen LogP contribution in [0.4, 0.5) is 11.4 Å². The molecule has 1 aliphatic heterocycles. The minimum atomic E-state index is -0.414. The Morgan fingerprint density at radius 2 is 1.89 bits per heavy atom. The number of nitrogens with one attached hydrogen (secondary N) is 1. The first kappa shape index (κ1) is 19.3. The number of carbonyl (C=O) groups excluding carboxylic acids is 1. The molecule has 8 heteroatoms. The van der Waals surface area contributed by atoms with E-state index in [-0.39, 0.29) is 11.6 Å². The number of rotatable bonds is 8. The highest BCUT2D eigenvalue weighted by Crippen LogP contribution is 2.16. The first-order valence-corrected chi connectivity index (χ1v) is 10.0. The van der Waals surface area contributed by atoms with E-state index in [0.717, 1.165) is 44.8 Å². The minimum Gasteiger partial charge on any atom is -0.385 e. The maximum absolute atomic E-state index is 12.4. The second-order valence-corrected chi connectivity index (χ2v) is 7.60. The van der Waals surface area contributed by atoms with E-state index in [1.807, 2.05) is 4.90 Å². The molecule has 0 bridgehead atoms. The van der Waals surface area contributed by atoms with Crippen molar-refractivity contribution in [2.24, 2.45) is 0 Å². The number of nitro groups is 1. The number of non-ortho nitro benzene ring substituents is 1. The molecular formula is C19H24N4O3S. The third-order valence-electron chi connectivity index (χ3n) is 4.66. The van der Waals surface area contributed by atoms with Crippen molar-refractivity contribution >= 4 is 28.6 Å². The quantitative estimate of drug-likeness (QED) is 0.427. The van der Waals surface area contributed by atoms with E-state index in [1.165, 1.54) is 17.0 Å². The molecule has 27 heavy (non-hydrogen) atoms. The normalized spacial score (nSPS) is 14.9. The van der Waals surface area contributed by atoms with Crippen LogP contribution in [0.1, 0.15) is 17.7 Å². The topological polar surface area (TPSA) is 78.7 Å². The van der Waals surface area contributed by atoms with Crippen LogP contribution in [-0.4, -0.2) is 53.4 Å². The van der Waals surface area contributed by atoms with Crippen molar-refractivity contribution in [3.05, 3.63) is 56.8 Å². The van der Waals surface area contributed by atoms with Gasteiger partial charge in [0, 0.05) is 68.4 Å². The zero-order valence-electron chi connectivity index (χ0n) is 15.2. The first-order valence-electron chi connectivity index (χ1n) is 9.12. The maximum atomic E-state index is 12.4. The van der Waals surface area contributed by atoms with E-state index in [4.69, 9.17) is 0 Å². The average Bonchev–Trinajstić information content (AvgIpc) is 3.19. The molecule has 0 aliphatic carbocycles. The lowest BCUT2D eigenvalue weighted by atomic mass is 10.2. The summed E-state index contributed by atoms with van der Waals surface area (Å²) in [7, 11) is 0. The van der Waals surface area contributed by atoms with Gasteiger partial charge in [0.25, 0.3) is 5.69 Å². The highest BCUT2D eigenvalue weighted by atomic mass is 32.1. The van der Waals surface area contributed by atoms with Gasteiger partial charge in [-0.15, -0.1) is 11.3 Å². The largest absolute Gasteiger partial charge is 0.385 e. The molecule has 3 rings (SSSR count). The van der Waals surface area contributed by atoms with E-state index in [0.29, 0.717) is 13.0 Å². The molecule has 0 atom stereocenters. The van der Waals surface area contributed by atoms with Crippen molar-refractivity contribution in [2.75, 3.05) is 38.0 Å². The Bertz CT molecular complexity index is 741. The van der Waals surface area contributed by atoms with Gasteiger partial charge in [0.05, 0.1) is 4.92 Å². The average molecular weight is 388 g/mol. The lowest BCUT2D eigenvalue weighted by Gasteiger charge is -2.34. The van der Waals surface area contributed by atoms with Crippen LogP contribution >= 0.6 is 11.3 Å². The maximum Gasteiger partial charge on any atom is 0.269 e. The number of nitro benzene ring substituents is 1. The summed E-state index contributed by atoms with van der Waals surface area (Å²) in [6.45, 7) is 5.07. The number of hydrogen-bond donors (Lipinski definition) is 1. The third kappa shape index (κ3) is 5.77. The monoisotopic (exact) mass is 388 g/mol. The molecule has 1 aromatic heterocycles. The Hall–Kier alpha value is -2.45. The van der Waals surface area contributed by atoms with E-state index >= 15 is 0 Å². The molecule has 1 N–H and O–H groups in total. The van der Waals surface area contributed by atoms with E-state index in [1.54, 1.807) is 23.5 Å². The third-order valence-corrected chi connectivity index (χ3v) is 5.52. The van der Waals surface area contributed by atoms with Crippen molar-refractivity contribution in [2.45, 2.75) is 19.4 Å². The Kier molecular flexibility index (Phi) is 6.78. The van der Waals surface area contributed by atoms with Gasteiger partial charge in [-0.1, -0.05) is 6.07 Å². The van der Waals surface area contributed by atoms with Crippen LogP contribution in [0.25, 0.3) is 0 Å². The van der Waals surface area contributed by atoms with Crippen molar-refractivity contribution < 1.29 is 9.72 Å². The zero-order valence-corrected chi connectivity index (χ0v) is 16.0. The summed E-state index contributed by atoms with van der Waals surface area (Å²) in [5.41, 5.74) is 0.907. The number of amides is 1. The van der Waals surface area contributed by atoms with Crippen LogP contribution in [-0.2, 0) is 11.3 Å². The molecular weight excluding hydrogens is 364 g/mol. The predicted octanol–water partition coefficient (Wildman–Crippen LogP) is 3.19. The van der Waals surface area contributed by atoms with Crippen molar-refractivity contribution in [3.63, 3.8) is 0 Å². The number of carbonyl (C=O) groups is 1. The molecule has 2 aromatic rings. The fourth-order valence-electron chi connectivity index (χ4n) is 3.11. The van der Waals surface area contributed by atoms with Gasteiger partial charge in [0.1, 0.15) is 0 Å². The predicted molar refractivity (Wildman–Crippen MR) is 107 cm³/mol. The summed E-state index contributed by atoms with van der Waals surface area (Å²) < 4.78 is 0. The van der Waals surface area contributed by atoms with Crippen molar-refractivity contribution in [1.29, 1.82) is 0 Å². The molecule has 144 valence electrons. The Labute approximate surface area is 162 Å². The number of piperazine rings is 1. The number of anilines is 1. The van der Waals surface area contributed by atoms with Crippen LogP contribution in [0.3, 0.4) is 0 Å².